The molecule has 2 heterocycles. The SMILES string of the molecule is NC(=O)c1c(CCCC2CO2)n[nH]c1[N+](=O)[O-]. The topological polar surface area (TPSA) is 127 Å². The van der Waals surface area contributed by atoms with Gasteiger partial charge in [-0.3, -0.25) is 4.79 Å². The van der Waals surface area contributed by atoms with Crippen molar-refractivity contribution in [1.29, 1.82) is 0 Å². The fourth-order valence-corrected chi connectivity index (χ4v) is 1.67. The minimum atomic E-state index is -0.830. The molecule has 1 unspecified atom stereocenters. The van der Waals surface area contributed by atoms with Crippen molar-refractivity contribution >= 4 is 11.7 Å². The minimum absolute atomic E-state index is 0.119. The summed E-state index contributed by atoms with van der Waals surface area (Å²) in [6, 6.07) is 0. The van der Waals surface area contributed by atoms with Gasteiger partial charge in [-0.2, -0.15) is 0 Å². The highest BCUT2D eigenvalue weighted by atomic mass is 16.6. The van der Waals surface area contributed by atoms with Crippen molar-refractivity contribution in [2.75, 3.05) is 6.61 Å². The summed E-state index contributed by atoms with van der Waals surface area (Å²) in [7, 11) is 0. The molecule has 3 N–H and O–H groups in total. The molecule has 17 heavy (non-hydrogen) atoms. The number of primary amides is 1. The predicted octanol–water partition coefficient (Wildman–Crippen LogP) is 0.138. The van der Waals surface area contributed by atoms with Crippen molar-refractivity contribution < 1.29 is 14.5 Å². The van der Waals surface area contributed by atoms with Crippen molar-refractivity contribution in [3.63, 3.8) is 0 Å². The zero-order valence-corrected chi connectivity index (χ0v) is 9.01. The second kappa shape index (κ2) is 4.50. The number of aryl methyl sites for hydroxylation is 1. The summed E-state index contributed by atoms with van der Waals surface area (Å²) in [6.07, 6.45) is 2.38. The number of aromatic nitrogens is 2. The van der Waals surface area contributed by atoms with Crippen LogP contribution in [0, 0.1) is 10.1 Å². The lowest BCUT2D eigenvalue weighted by Crippen LogP contribution is -2.14. The van der Waals surface area contributed by atoms with Gasteiger partial charge in [0, 0.05) is 0 Å². The molecule has 0 spiro atoms. The lowest BCUT2D eigenvalue weighted by atomic mass is 10.1. The largest absolute Gasteiger partial charge is 0.373 e. The second-order valence-electron chi connectivity index (χ2n) is 3.86. The van der Waals surface area contributed by atoms with E-state index in [1.54, 1.807) is 0 Å². The molecule has 8 nitrogen and oxygen atoms in total. The Morgan fingerprint density at radius 1 is 1.71 bits per heavy atom. The number of H-pyrrole nitrogens is 1. The number of aromatic amines is 1. The van der Waals surface area contributed by atoms with Crippen molar-refractivity contribution in [3.8, 4) is 0 Å². The quantitative estimate of drug-likeness (QED) is 0.415. The number of carbonyl (C=O) groups is 1. The number of nitro groups is 1. The average molecular weight is 240 g/mol. The number of amides is 1. The zero-order chi connectivity index (χ0) is 12.4. The molecule has 1 amide bonds. The van der Waals surface area contributed by atoms with E-state index < -0.39 is 16.6 Å². The van der Waals surface area contributed by atoms with E-state index in [4.69, 9.17) is 10.5 Å². The van der Waals surface area contributed by atoms with Crippen LogP contribution in [0.3, 0.4) is 0 Å². The molecule has 92 valence electrons. The molecule has 0 aromatic carbocycles. The fourth-order valence-electron chi connectivity index (χ4n) is 1.67. The summed E-state index contributed by atoms with van der Waals surface area (Å²) in [5, 5.41) is 16.6. The molecule has 1 aromatic heterocycles. The van der Waals surface area contributed by atoms with Crippen LogP contribution in [0.5, 0.6) is 0 Å². The highest BCUT2D eigenvalue weighted by Crippen LogP contribution is 2.22. The number of hydrogen-bond donors (Lipinski definition) is 2. The Labute approximate surface area is 96.3 Å². The number of ether oxygens (including phenoxy) is 1. The smallest absolute Gasteiger partial charge is 0.355 e. The van der Waals surface area contributed by atoms with Gasteiger partial charge in [0.1, 0.15) is 5.69 Å². The molecule has 8 heteroatoms. The minimum Gasteiger partial charge on any atom is -0.373 e. The van der Waals surface area contributed by atoms with Gasteiger partial charge >= 0.3 is 5.82 Å². The van der Waals surface area contributed by atoms with Gasteiger partial charge in [0.05, 0.1) is 12.7 Å². The van der Waals surface area contributed by atoms with Crippen molar-refractivity contribution in [3.05, 3.63) is 21.4 Å². The number of nitrogens with two attached hydrogens (primary N) is 1. The molecule has 1 aliphatic rings. The standard InChI is InChI=1S/C9H12N4O4/c10-8(14)7-6(3-1-2-5-4-17-5)11-12-9(7)13(15)16/h5H,1-4H2,(H2,10,14)(H,11,12). The van der Waals surface area contributed by atoms with Crippen LogP contribution in [-0.2, 0) is 11.2 Å². The van der Waals surface area contributed by atoms with E-state index >= 15 is 0 Å². The lowest BCUT2D eigenvalue weighted by molar-refractivity contribution is -0.389. The third-order valence-electron chi connectivity index (χ3n) is 2.59. The van der Waals surface area contributed by atoms with Crippen LogP contribution in [0.15, 0.2) is 0 Å². The summed E-state index contributed by atoms with van der Waals surface area (Å²) in [5.74, 6) is -1.27. The van der Waals surface area contributed by atoms with E-state index in [1.807, 2.05) is 0 Å². The van der Waals surface area contributed by atoms with E-state index in [-0.39, 0.29) is 5.56 Å². The van der Waals surface area contributed by atoms with Gasteiger partial charge in [-0.25, -0.2) is 0 Å². The van der Waals surface area contributed by atoms with E-state index in [0.29, 0.717) is 18.2 Å². The molecule has 0 radical (unpaired) electrons. The summed E-state index contributed by atoms with van der Waals surface area (Å²) >= 11 is 0. The van der Waals surface area contributed by atoms with Crippen LogP contribution in [-0.4, -0.2) is 33.7 Å². The third kappa shape index (κ3) is 2.59. The van der Waals surface area contributed by atoms with Crippen LogP contribution < -0.4 is 5.73 Å². The third-order valence-corrected chi connectivity index (χ3v) is 2.59. The van der Waals surface area contributed by atoms with Crippen molar-refractivity contribution in [2.24, 2.45) is 5.73 Å². The lowest BCUT2D eigenvalue weighted by Gasteiger charge is -1.97. The van der Waals surface area contributed by atoms with Gasteiger partial charge in [-0.05, 0) is 24.2 Å². The van der Waals surface area contributed by atoms with Gasteiger partial charge in [0.2, 0.25) is 0 Å². The summed E-state index contributed by atoms with van der Waals surface area (Å²) in [4.78, 5) is 21.1. The first-order valence-corrected chi connectivity index (χ1v) is 5.22. The Morgan fingerprint density at radius 3 is 2.94 bits per heavy atom. The first-order chi connectivity index (χ1) is 8.09. The van der Waals surface area contributed by atoms with Crippen molar-refractivity contribution in [1.82, 2.24) is 10.2 Å². The number of carbonyl (C=O) groups excluding carboxylic acids is 1. The number of nitrogens with zero attached hydrogens (tertiary/aromatic N) is 2. The Bertz CT molecular complexity index is 452. The predicted molar refractivity (Wildman–Crippen MR) is 56.4 cm³/mol. The van der Waals surface area contributed by atoms with Gasteiger partial charge < -0.3 is 20.6 Å². The van der Waals surface area contributed by atoms with E-state index in [0.717, 1.165) is 19.4 Å². The summed E-state index contributed by atoms with van der Waals surface area (Å²) < 4.78 is 5.04. The van der Waals surface area contributed by atoms with Crippen LogP contribution >= 0.6 is 0 Å². The Balaban J connectivity index is 2.08. The number of hydrogen-bond acceptors (Lipinski definition) is 5. The number of nitrogens with one attached hydrogen (secondary N) is 1. The molecule has 1 saturated heterocycles. The van der Waals surface area contributed by atoms with E-state index in [2.05, 4.69) is 10.2 Å². The summed E-state index contributed by atoms with van der Waals surface area (Å²) in [5.41, 5.74) is 5.35. The van der Waals surface area contributed by atoms with Gasteiger partial charge in [-0.15, -0.1) is 5.10 Å². The number of epoxide rings is 1. The van der Waals surface area contributed by atoms with E-state index in [1.165, 1.54) is 0 Å². The molecule has 1 aliphatic heterocycles. The molecule has 0 bridgehead atoms. The van der Waals surface area contributed by atoms with E-state index in [9.17, 15) is 14.9 Å². The summed E-state index contributed by atoms with van der Waals surface area (Å²) in [6.45, 7) is 0.767. The maximum Gasteiger partial charge on any atom is 0.355 e. The average Bonchev–Trinajstić information content (AvgIpc) is 2.95. The monoisotopic (exact) mass is 240 g/mol. The van der Waals surface area contributed by atoms with Gasteiger partial charge in [0.15, 0.2) is 5.56 Å². The van der Waals surface area contributed by atoms with Gasteiger partial charge in [-0.1, -0.05) is 5.10 Å². The molecule has 1 aromatic rings. The Kier molecular flexibility index (Phi) is 3.05. The molecule has 1 atom stereocenters. The maximum absolute atomic E-state index is 11.2. The van der Waals surface area contributed by atoms with Crippen LogP contribution in [0.4, 0.5) is 5.82 Å². The first-order valence-electron chi connectivity index (χ1n) is 5.22. The van der Waals surface area contributed by atoms with Crippen LogP contribution in [0.25, 0.3) is 0 Å². The number of rotatable bonds is 6. The highest BCUT2D eigenvalue weighted by molar-refractivity contribution is 5.97. The normalized spacial score (nSPS) is 18.0. The zero-order valence-electron chi connectivity index (χ0n) is 9.01. The molecule has 2 rings (SSSR count). The molecule has 0 saturated carbocycles. The second-order valence-corrected chi connectivity index (χ2v) is 3.86. The fraction of sp³-hybridized carbons (Fsp3) is 0.556. The maximum atomic E-state index is 11.2. The van der Waals surface area contributed by atoms with Crippen LogP contribution in [0.2, 0.25) is 0 Å². The highest BCUT2D eigenvalue weighted by Gasteiger charge is 2.27. The van der Waals surface area contributed by atoms with Crippen LogP contribution in [0.1, 0.15) is 28.9 Å². The van der Waals surface area contributed by atoms with Gasteiger partial charge in [0.25, 0.3) is 5.91 Å². The van der Waals surface area contributed by atoms with Crippen molar-refractivity contribution in [2.45, 2.75) is 25.4 Å². The Morgan fingerprint density at radius 2 is 2.41 bits per heavy atom. The first kappa shape index (κ1) is 11.5. The molecule has 0 aliphatic carbocycles. The molecule has 1 fully saturated rings. The molecular formula is C9H12N4O4. The Hall–Kier alpha value is -1.96. The molecular weight excluding hydrogens is 228 g/mol.